The second kappa shape index (κ2) is 10.9. The van der Waals surface area contributed by atoms with Gasteiger partial charge in [0.15, 0.2) is 5.65 Å². The predicted molar refractivity (Wildman–Crippen MR) is 161 cm³/mol. The lowest BCUT2D eigenvalue weighted by Crippen LogP contribution is -2.44. The monoisotopic (exact) mass is 550 g/mol. The average molecular weight is 551 g/mol. The van der Waals surface area contributed by atoms with Crippen molar-refractivity contribution in [1.82, 2.24) is 40.3 Å². The van der Waals surface area contributed by atoms with Crippen molar-refractivity contribution in [2.45, 2.75) is 19.3 Å². The molecule has 0 spiro atoms. The number of fused-ring (bicyclic) bond motifs is 2. The number of anilines is 2. The van der Waals surface area contributed by atoms with Crippen molar-refractivity contribution in [1.29, 1.82) is 0 Å². The van der Waals surface area contributed by atoms with Gasteiger partial charge in [-0.2, -0.15) is 5.10 Å². The van der Waals surface area contributed by atoms with Crippen LogP contribution in [0.2, 0.25) is 0 Å². The molecule has 0 unspecified atom stereocenters. The number of carbonyl (C=O) groups excluding carboxylic acids is 1. The molecule has 7 rings (SSSR count). The first-order valence-corrected chi connectivity index (χ1v) is 14.3. The normalized spacial score (nSPS) is 17.0. The van der Waals surface area contributed by atoms with Gasteiger partial charge < -0.3 is 25.4 Å². The quantitative estimate of drug-likeness (QED) is 0.252. The van der Waals surface area contributed by atoms with Crippen LogP contribution in [0.1, 0.15) is 19.3 Å². The van der Waals surface area contributed by atoms with Crippen LogP contribution in [0.4, 0.5) is 11.4 Å². The van der Waals surface area contributed by atoms with E-state index in [0.29, 0.717) is 23.7 Å². The standard InChI is InChI=1S/C30H34N10O/c1-39-8-10-40(11-9-39)26-4-7-33-29-23(26)15-25(36-29)28-24-14-21(17-34-30(24)38-37-28)20-13-22(18-32-16-20)35-27(41)12-19-2-5-31-6-3-19/h4,7,13-19,31H,2-3,5-6,8-12H2,1H3,(H,33,36)(H,35,41)(H,34,37,38). The SMILES string of the molecule is CN1CCN(c2ccnc3[nH]c(-c4[nH]nc5ncc(-c6cncc(NC(=O)CC7CCNCC7)c6)cc45)cc23)CC1. The van der Waals surface area contributed by atoms with Gasteiger partial charge in [-0.25, -0.2) is 9.97 Å². The van der Waals surface area contributed by atoms with E-state index in [0.717, 1.165) is 91.0 Å². The van der Waals surface area contributed by atoms with Crippen LogP contribution in [-0.2, 0) is 4.79 Å². The Morgan fingerprint density at radius 1 is 1.00 bits per heavy atom. The molecule has 2 aliphatic heterocycles. The number of nitrogens with zero attached hydrogens (tertiary/aromatic N) is 6. The lowest BCUT2D eigenvalue weighted by atomic mass is 9.94. The van der Waals surface area contributed by atoms with Gasteiger partial charge in [-0.1, -0.05) is 0 Å². The molecule has 7 heterocycles. The van der Waals surface area contributed by atoms with Crippen LogP contribution in [0.15, 0.2) is 49.1 Å². The van der Waals surface area contributed by atoms with E-state index in [-0.39, 0.29) is 5.91 Å². The summed E-state index contributed by atoms with van der Waals surface area (Å²) in [6, 6.07) is 8.26. The summed E-state index contributed by atoms with van der Waals surface area (Å²) >= 11 is 0. The Bertz CT molecular complexity index is 1690. The molecule has 5 aromatic rings. The van der Waals surface area contributed by atoms with Crippen molar-refractivity contribution in [3.63, 3.8) is 0 Å². The first-order valence-electron chi connectivity index (χ1n) is 14.3. The highest BCUT2D eigenvalue weighted by molar-refractivity contribution is 5.99. The van der Waals surface area contributed by atoms with Gasteiger partial charge in [0.25, 0.3) is 0 Å². The fourth-order valence-corrected chi connectivity index (χ4v) is 5.96. The van der Waals surface area contributed by atoms with Gasteiger partial charge in [0.1, 0.15) is 5.65 Å². The number of carbonyl (C=O) groups is 1. The van der Waals surface area contributed by atoms with E-state index in [1.807, 2.05) is 12.3 Å². The number of piperazine rings is 1. The summed E-state index contributed by atoms with van der Waals surface area (Å²) < 4.78 is 0. The summed E-state index contributed by atoms with van der Waals surface area (Å²) in [4.78, 5) is 34.6. The topological polar surface area (TPSA) is 131 Å². The number of hydrogen-bond acceptors (Lipinski definition) is 8. The van der Waals surface area contributed by atoms with Crippen LogP contribution < -0.4 is 15.5 Å². The highest BCUT2D eigenvalue weighted by atomic mass is 16.1. The summed E-state index contributed by atoms with van der Waals surface area (Å²) in [5, 5.41) is 16.0. The summed E-state index contributed by atoms with van der Waals surface area (Å²) in [6.07, 6.45) is 9.75. The molecule has 11 heteroatoms. The first kappa shape index (κ1) is 25.6. The molecule has 210 valence electrons. The molecule has 0 aromatic carbocycles. The molecular weight excluding hydrogens is 516 g/mol. The number of pyridine rings is 3. The Balaban J connectivity index is 1.16. The molecule has 0 atom stereocenters. The minimum atomic E-state index is 0.0323. The van der Waals surface area contributed by atoms with Gasteiger partial charge in [0, 0.05) is 78.8 Å². The van der Waals surface area contributed by atoms with Crippen LogP contribution >= 0.6 is 0 Å². The molecule has 0 saturated carbocycles. The van der Waals surface area contributed by atoms with Crippen molar-refractivity contribution in [3.8, 4) is 22.5 Å². The van der Waals surface area contributed by atoms with E-state index in [4.69, 9.17) is 0 Å². The molecule has 41 heavy (non-hydrogen) atoms. The van der Waals surface area contributed by atoms with Crippen molar-refractivity contribution in [2.75, 3.05) is 56.5 Å². The van der Waals surface area contributed by atoms with Crippen molar-refractivity contribution in [3.05, 3.63) is 49.1 Å². The number of piperidine rings is 1. The predicted octanol–water partition coefficient (Wildman–Crippen LogP) is 3.64. The number of H-pyrrole nitrogens is 2. The maximum absolute atomic E-state index is 12.7. The lowest BCUT2D eigenvalue weighted by molar-refractivity contribution is -0.117. The number of hydrogen-bond donors (Lipinski definition) is 4. The maximum Gasteiger partial charge on any atom is 0.224 e. The smallest absolute Gasteiger partial charge is 0.224 e. The van der Waals surface area contributed by atoms with Crippen molar-refractivity contribution < 1.29 is 4.79 Å². The summed E-state index contributed by atoms with van der Waals surface area (Å²) in [5.41, 5.74) is 6.90. The van der Waals surface area contributed by atoms with Gasteiger partial charge in [-0.15, -0.1) is 0 Å². The molecule has 4 N–H and O–H groups in total. The molecule has 0 aliphatic carbocycles. The third-order valence-electron chi connectivity index (χ3n) is 8.32. The summed E-state index contributed by atoms with van der Waals surface area (Å²) in [5.74, 6) is 0.459. The van der Waals surface area contributed by atoms with Crippen LogP contribution in [0, 0.1) is 5.92 Å². The Kier molecular flexibility index (Phi) is 6.81. The molecule has 11 nitrogen and oxygen atoms in total. The second-order valence-electron chi connectivity index (χ2n) is 11.2. The van der Waals surface area contributed by atoms with Crippen LogP contribution in [0.5, 0.6) is 0 Å². The number of aromatic amines is 2. The van der Waals surface area contributed by atoms with Gasteiger partial charge in [0.2, 0.25) is 5.91 Å². The van der Waals surface area contributed by atoms with Crippen LogP contribution in [0.25, 0.3) is 44.6 Å². The molecule has 1 amide bonds. The largest absolute Gasteiger partial charge is 0.368 e. The number of likely N-dealkylation sites (N-methyl/N-ethyl adjacent to an activating group) is 1. The van der Waals surface area contributed by atoms with Crippen LogP contribution in [-0.4, -0.2) is 87.3 Å². The number of aromatic nitrogens is 6. The van der Waals surface area contributed by atoms with E-state index in [1.165, 1.54) is 5.69 Å². The first-order chi connectivity index (χ1) is 20.1. The van der Waals surface area contributed by atoms with E-state index in [2.05, 4.69) is 75.8 Å². The van der Waals surface area contributed by atoms with E-state index in [9.17, 15) is 4.79 Å². The molecule has 2 saturated heterocycles. The minimum absolute atomic E-state index is 0.0323. The fraction of sp³-hybridized carbons (Fsp3) is 0.367. The van der Waals surface area contributed by atoms with E-state index in [1.54, 1.807) is 18.6 Å². The molecule has 5 aromatic heterocycles. The number of amides is 1. The molecular formula is C30H34N10O. The van der Waals surface area contributed by atoms with E-state index < -0.39 is 0 Å². The molecule has 0 bridgehead atoms. The molecule has 2 fully saturated rings. The number of nitrogens with one attached hydrogen (secondary N) is 4. The number of rotatable bonds is 6. The third-order valence-corrected chi connectivity index (χ3v) is 8.32. The van der Waals surface area contributed by atoms with Gasteiger partial charge >= 0.3 is 0 Å². The second-order valence-corrected chi connectivity index (χ2v) is 11.2. The fourth-order valence-electron chi connectivity index (χ4n) is 5.96. The average Bonchev–Trinajstić information content (AvgIpc) is 3.62. The molecule has 2 aliphatic rings. The molecule has 0 radical (unpaired) electrons. The Labute approximate surface area is 237 Å². The van der Waals surface area contributed by atoms with Crippen molar-refractivity contribution >= 4 is 39.3 Å². The van der Waals surface area contributed by atoms with Gasteiger partial charge in [0.05, 0.1) is 23.3 Å². The Morgan fingerprint density at radius 2 is 1.83 bits per heavy atom. The van der Waals surface area contributed by atoms with Crippen LogP contribution in [0.3, 0.4) is 0 Å². The highest BCUT2D eigenvalue weighted by Gasteiger charge is 2.20. The van der Waals surface area contributed by atoms with Gasteiger partial charge in [-0.3, -0.25) is 14.9 Å². The zero-order valence-electron chi connectivity index (χ0n) is 23.2. The zero-order valence-corrected chi connectivity index (χ0v) is 23.2. The van der Waals surface area contributed by atoms with Crippen molar-refractivity contribution in [2.24, 2.45) is 5.92 Å². The maximum atomic E-state index is 12.7. The zero-order chi connectivity index (χ0) is 27.8. The minimum Gasteiger partial charge on any atom is -0.368 e. The summed E-state index contributed by atoms with van der Waals surface area (Å²) in [7, 11) is 2.16. The third kappa shape index (κ3) is 5.25. The van der Waals surface area contributed by atoms with Gasteiger partial charge in [-0.05, 0) is 63.2 Å². The Hall–Kier alpha value is -4.35. The summed E-state index contributed by atoms with van der Waals surface area (Å²) in [6.45, 7) is 6.02. The van der Waals surface area contributed by atoms with E-state index >= 15 is 0 Å². The lowest BCUT2D eigenvalue weighted by Gasteiger charge is -2.34. The Morgan fingerprint density at radius 3 is 2.68 bits per heavy atom. The highest BCUT2D eigenvalue weighted by Crippen LogP contribution is 2.34.